The lowest BCUT2D eigenvalue weighted by Gasteiger charge is -2.20. The van der Waals surface area contributed by atoms with Gasteiger partial charge in [0.1, 0.15) is 0 Å². The summed E-state index contributed by atoms with van der Waals surface area (Å²) >= 11 is 0. The van der Waals surface area contributed by atoms with E-state index < -0.39 is 17.9 Å². The van der Waals surface area contributed by atoms with Gasteiger partial charge in [-0.2, -0.15) is 5.10 Å². The Kier molecular flexibility index (Phi) is 3.27. The fourth-order valence-corrected chi connectivity index (χ4v) is 1.07. The quantitative estimate of drug-likeness (QED) is 0.652. The highest BCUT2D eigenvalue weighted by atomic mass is 16.4. The average molecular weight is 212 g/mol. The van der Waals surface area contributed by atoms with Crippen LogP contribution in [0.25, 0.3) is 0 Å². The van der Waals surface area contributed by atoms with E-state index in [9.17, 15) is 9.59 Å². The summed E-state index contributed by atoms with van der Waals surface area (Å²) in [4.78, 5) is 22.8. The molecule has 0 aliphatic carbocycles. The van der Waals surface area contributed by atoms with Crippen LogP contribution < -0.4 is 10.6 Å². The van der Waals surface area contributed by atoms with Crippen LogP contribution in [0.1, 0.15) is 6.92 Å². The van der Waals surface area contributed by atoms with Crippen LogP contribution in [-0.4, -0.2) is 33.8 Å². The number of urea groups is 1. The van der Waals surface area contributed by atoms with Gasteiger partial charge in [0.2, 0.25) is 0 Å². The van der Waals surface area contributed by atoms with Gasteiger partial charge < -0.3 is 10.8 Å². The van der Waals surface area contributed by atoms with Gasteiger partial charge in [0.15, 0.2) is 0 Å². The third kappa shape index (κ3) is 2.70. The number of anilines is 1. The van der Waals surface area contributed by atoms with Crippen molar-refractivity contribution in [2.24, 2.45) is 11.7 Å². The molecule has 2 amide bonds. The molecule has 7 heteroatoms. The molecular weight excluding hydrogens is 200 g/mol. The first-order chi connectivity index (χ1) is 7.02. The number of carboxylic acid groups (broad SMARTS) is 1. The maximum atomic E-state index is 11.1. The Hall–Kier alpha value is -2.05. The number of aromatic nitrogens is 2. The van der Waals surface area contributed by atoms with E-state index in [4.69, 9.17) is 10.8 Å². The molecule has 1 atom stereocenters. The summed E-state index contributed by atoms with van der Waals surface area (Å²) in [6.07, 6.45) is 2.87. The van der Waals surface area contributed by atoms with E-state index in [0.717, 1.165) is 4.90 Å². The maximum absolute atomic E-state index is 11.1. The lowest BCUT2D eigenvalue weighted by Crippen LogP contribution is -2.40. The molecule has 1 unspecified atom stereocenters. The molecule has 0 spiro atoms. The van der Waals surface area contributed by atoms with Crippen LogP contribution in [0.3, 0.4) is 0 Å². The minimum Gasteiger partial charge on any atom is -0.481 e. The predicted molar refractivity (Wildman–Crippen MR) is 52.3 cm³/mol. The molecule has 7 nitrogen and oxygen atoms in total. The van der Waals surface area contributed by atoms with Crippen LogP contribution in [0.15, 0.2) is 12.4 Å². The van der Waals surface area contributed by atoms with E-state index in [1.54, 1.807) is 0 Å². The topological polar surface area (TPSA) is 112 Å². The average Bonchev–Trinajstić information content (AvgIpc) is 2.65. The van der Waals surface area contributed by atoms with Crippen LogP contribution >= 0.6 is 0 Å². The molecule has 0 aliphatic rings. The normalized spacial score (nSPS) is 12.1. The summed E-state index contributed by atoms with van der Waals surface area (Å²) in [7, 11) is 0. The second-order valence-electron chi connectivity index (χ2n) is 3.14. The van der Waals surface area contributed by atoms with Crippen LogP contribution in [0.4, 0.5) is 10.5 Å². The molecule has 0 saturated carbocycles. The van der Waals surface area contributed by atoms with Crippen molar-refractivity contribution in [3.63, 3.8) is 0 Å². The molecule has 0 aliphatic heterocycles. The van der Waals surface area contributed by atoms with Gasteiger partial charge in [0.05, 0.1) is 17.8 Å². The summed E-state index contributed by atoms with van der Waals surface area (Å²) in [5, 5.41) is 14.9. The van der Waals surface area contributed by atoms with E-state index in [1.807, 2.05) is 0 Å². The summed E-state index contributed by atoms with van der Waals surface area (Å²) in [5.74, 6) is -1.67. The van der Waals surface area contributed by atoms with Gasteiger partial charge in [-0.15, -0.1) is 0 Å². The number of amides is 2. The summed E-state index contributed by atoms with van der Waals surface area (Å²) in [5.41, 5.74) is 5.58. The molecule has 15 heavy (non-hydrogen) atoms. The number of rotatable bonds is 4. The van der Waals surface area contributed by atoms with Crippen molar-refractivity contribution in [3.05, 3.63) is 12.4 Å². The zero-order valence-corrected chi connectivity index (χ0v) is 8.17. The SMILES string of the molecule is CC(CN(C(N)=O)c1cn[nH]c1)C(=O)O. The Balaban J connectivity index is 2.77. The summed E-state index contributed by atoms with van der Waals surface area (Å²) in [6, 6.07) is -0.704. The number of carbonyl (C=O) groups excluding carboxylic acids is 1. The Labute approximate surface area is 85.9 Å². The number of nitrogens with one attached hydrogen (secondary N) is 1. The summed E-state index contributed by atoms with van der Waals surface area (Å²) < 4.78 is 0. The van der Waals surface area contributed by atoms with Gasteiger partial charge in [-0.25, -0.2) is 4.79 Å². The van der Waals surface area contributed by atoms with Gasteiger partial charge >= 0.3 is 12.0 Å². The number of hydrogen-bond acceptors (Lipinski definition) is 3. The molecule has 1 aromatic rings. The number of nitrogens with two attached hydrogens (primary N) is 1. The first-order valence-corrected chi connectivity index (χ1v) is 4.31. The second kappa shape index (κ2) is 4.45. The Morgan fingerprint density at radius 3 is 2.80 bits per heavy atom. The molecule has 0 fully saturated rings. The van der Waals surface area contributed by atoms with Crippen LogP contribution in [0.2, 0.25) is 0 Å². The minimum absolute atomic E-state index is 0.0181. The van der Waals surface area contributed by atoms with Gasteiger partial charge in [-0.05, 0) is 0 Å². The third-order valence-electron chi connectivity index (χ3n) is 1.94. The van der Waals surface area contributed by atoms with Crippen LogP contribution in [0, 0.1) is 5.92 Å². The molecule has 0 radical (unpaired) electrons. The number of H-pyrrole nitrogens is 1. The van der Waals surface area contributed by atoms with Crippen molar-refractivity contribution in [1.29, 1.82) is 0 Å². The van der Waals surface area contributed by atoms with Crippen molar-refractivity contribution in [2.45, 2.75) is 6.92 Å². The smallest absolute Gasteiger partial charge is 0.319 e. The molecule has 1 rings (SSSR count). The largest absolute Gasteiger partial charge is 0.481 e. The molecule has 0 saturated heterocycles. The lowest BCUT2D eigenvalue weighted by molar-refractivity contribution is -0.140. The van der Waals surface area contributed by atoms with E-state index in [1.165, 1.54) is 19.3 Å². The highest BCUT2D eigenvalue weighted by Crippen LogP contribution is 2.12. The van der Waals surface area contributed by atoms with Crippen molar-refractivity contribution >= 4 is 17.7 Å². The maximum Gasteiger partial charge on any atom is 0.319 e. The van der Waals surface area contributed by atoms with Crippen molar-refractivity contribution in [2.75, 3.05) is 11.4 Å². The Morgan fingerprint density at radius 2 is 2.40 bits per heavy atom. The minimum atomic E-state index is -0.982. The first-order valence-electron chi connectivity index (χ1n) is 4.31. The first kappa shape index (κ1) is 11.0. The number of carboxylic acids is 1. The number of primary amides is 1. The van der Waals surface area contributed by atoms with E-state index in [-0.39, 0.29) is 6.54 Å². The number of nitrogens with zero attached hydrogens (tertiary/aromatic N) is 2. The van der Waals surface area contributed by atoms with Crippen molar-refractivity contribution < 1.29 is 14.7 Å². The van der Waals surface area contributed by atoms with Gasteiger partial charge in [-0.1, -0.05) is 6.92 Å². The summed E-state index contributed by atoms with van der Waals surface area (Å²) in [6.45, 7) is 1.52. The molecule has 1 heterocycles. The van der Waals surface area contributed by atoms with E-state index in [2.05, 4.69) is 10.2 Å². The lowest BCUT2D eigenvalue weighted by atomic mass is 10.1. The molecule has 82 valence electrons. The standard InChI is InChI=1S/C8H12N4O3/c1-5(7(13)14)4-12(8(9)15)6-2-10-11-3-6/h2-3,5H,4H2,1H3,(H2,9,15)(H,10,11)(H,13,14). The third-order valence-corrected chi connectivity index (χ3v) is 1.94. The number of hydrogen-bond donors (Lipinski definition) is 3. The van der Waals surface area contributed by atoms with Crippen LogP contribution in [0.5, 0.6) is 0 Å². The zero-order valence-electron chi connectivity index (χ0n) is 8.17. The highest BCUT2D eigenvalue weighted by Gasteiger charge is 2.20. The van der Waals surface area contributed by atoms with Crippen LogP contribution in [-0.2, 0) is 4.79 Å². The molecule has 0 aromatic carbocycles. The Bertz CT molecular complexity index is 349. The predicted octanol–water partition coefficient (Wildman–Crippen LogP) is 0.0155. The van der Waals surface area contributed by atoms with Crippen molar-refractivity contribution in [3.8, 4) is 0 Å². The Morgan fingerprint density at radius 1 is 1.73 bits per heavy atom. The molecule has 4 N–H and O–H groups in total. The number of carbonyl (C=O) groups is 2. The number of aliphatic carboxylic acids is 1. The van der Waals surface area contributed by atoms with Gasteiger partial charge in [-0.3, -0.25) is 14.8 Å². The molecular formula is C8H12N4O3. The number of aromatic amines is 1. The van der Waals surface area contributed by atoms with Gasteiger partial charge in [0.25, 0.3) is 0 Å². The van der Waals surface area contributed by atoms with E-state index >= 15 is 0 Å². The van der Waals surface area contributed by atoms with E-state index in [0.29, 0.717) is 5.69 Å². The highest BCUT2D eigenvalue weighted by molar-refractivity contribution is 5.91. The fraction of sp³-hybridized carbons (Fsp3) is 0.375. The zero-order chi connectivity index (χ0) is 11.4. The monoisotopic (exact) mass is 212 g/mol. The van der Waals surface area contributed by atoms with Gasteiger partial charge in [0, 0.05) is 12.7 Å². The molecule has 0 bridgehead atoms. The fourth-order valence-electron chi connectivity index (χ4n) is 1.07. The van der Waals surface area contributed by atoms with Crippen molar-refractivity contribution in [1.82, 2.24) is 10.2 Å². The molecule has 1 aromatic heterocycles. The second-order valence-corrected chi connectivity index (χ2v) is 3.14.